The zero-order chi connectivity index (χ0) is 77.1. The third kappa shape index (κ3) is 10.7. The Balaban J connectivity index is 0.000000138. The van der Waals surface area contributed by atoms with Crippen LogP contribution in [0.15, 0.2) is 414 Å². The molecule has 0 amide bonds. The van der Waals surface area contributed by atoms with Crippen molar-refractivity contribution in [3.05, 3.63) is 423 Å². The molecule has 24 rings (SSSR count). The second kappa shape index (κ2) is 27.3. The van der Waals surface area contributed by atoms with Crippen molar-refractivity contribution in [3.8, 4) is 78.9 Å². The minimum Gasteiger partial charge on any atom is -0.456 e. The molecule has 0 N–H and O–H groups in total. The Morgan fingerprint density at radius 3 is 1.11 bits per heavy atom. The lowest BCUT2D eigenvalue weighted by Gasteiger charge is -2.46. The normalized spacial score (nSPS) is 12.5. The molecular formula is C108H66N6O3. The van der Waals surface area contributed by atoms with Crippen LogP contribution in [0.4, 0.5) is 17.1 Å². The van der Waals surface area contributed by atoms with Crippen LogP contribution < -0.4 is 4.90 Å². The van der Waals surface area contributed by atoms with Crippen molar-refractivity contribution in [2.75, 3.05) is 4.90 Å². The minimum absolute atomic E-state index is 0.527. The number of anilines is 3. The summed E-state index contributed by atoms with van der Waals surface area (Å²) in [4.78, 5) is 28.6. The lowest BCUT2D eigenvalue weighted by molar-refractivity contribution is 0.669. The monoisotopic (exact) mass is 1490 g/mol. The summed E-state index contributed by atoms with van der Waals surface area (Å²) in [5.41, 5.74) is 25.3. The lowest BCUT2D eigenvalue weighted by atomic mass is 9.62. The number of furan rings is 3. The number of hydrogen-bond donors (Lipinski definition) is 0. The van der Waals surface area contributed by atoms with E-state index in [-0.39, 0.29) is 0 Å². The molecule has 7 heterocycles. The predicted molar refractivity (Wildman–Crippen MR) is 478 cm³/mol. The van der Waals surface area contributed by atoms with Crippen molar-refractivity contribution >= 4 is 126 Å². The number of hydrogen-bond acceptors (Lipinski definition) is 9. The van der Waals surface area contributed by atoms with E-state index in [4.69, 9.17) is 38.2 Å². The highest BCUT2D eigenvalue weighted by molar-refractivity contribution is 6.31. The largest absolute Gasteiger partial charge is 0.456 e. The van der Waals surface area contributed by atoms with Crippen LogP contribution in [0.1, 0.15) is 22.3 Å². The molecule has 1 aliphatic heterocycles. The van der Waals surface area contributed by atoms with E-state index in [0.717, 1.165) is 182 Å². The van der Waals surface area contributed by atoms with E-state index in [1.165, 1.54) is 22.3 Å². The van der Waals surface area contributed by atoms with Gasteiger partial charge in [-0.3, -0.25) is 0 Å². The van der Waals surface area contributed by atoms with Gasteiger partial charge in [0, 0.05) is 109 Å². The Labute approximate surface area is 672 Å². The molecule has 0 spiro atoms. The zero-order valence-corrected chi connectivity index (χ0v) is 63.0. The molecule has 23 aromatic rings. The first-order chi connectivity index (χ1) is 58.1. The quantitative estimate of drug-likeness (QED) is 0.124. The standard InChI is InChI=1S/C56H36N2O.C52H30N4O2/c1-4-18-37(19-5-1)54-45-34-35-51-53(43-26-10-15-33-50(43)59-51)52(45)44-28-17-27-42(55(44)57-54)38-20-16-25-41(36-38)58-48-31-13-11-29-46(48)56(39-21-6-2-7-22-39,40-23-8-3-9-24-40)47-30-12-14-32-49(47)58;1-4-15-31(16-5-1)46-40-29-30-43-45(38-21-10-11-28-42(38)57-43)44(40)39-26-12-22-34(47(39)53-46)35-23-13-24-36-37-25-14-27-41(49(37)58-48(35)36)52-55-50(32-17-6-2-7-18-32)54-51(56-52)33-19-8-3-9-20-33/h1-36H;1-30H. The number of nitrogens with zero attached hydrogens (tertiary/aromatic N) is 6. The highest BCUT2D eigenvalue weighted by Gasteiger charge is 2.46. The van der Waals surface area contributed by atoms with Gasteiger partial charge in [0.2, 0.25) is 0 Å². The van der Waals surface area contributed by atoms with Crippen molar-refractivity contribution in [3.63, 3.8) is 0 Å². The number of aromatic nitrogens is 5. The van der Waals surface area contributed by atoms with Crippen LogP contribution in [-0.4, -0.2) is 24.9 Å². The summed E-state index contributed by atoms with van der Waals surface area (Å²) in [5.74, 6) is 1.74. The molecule has 17 aromatic carbocycles. The first kappa shape index (κ1) is 67.0. The second-order valence-electron chi connectivity index (χ2n) is 29.9. The molecule has 6 aromatic heterocycles. The smallest absolute Gasteiger partial charge is 0.167 e. The SMILES string of the molecule is c1ccc(-c2nc(-c3ccccc3)nc(-c3cccc4c3oc3c(-c5cccc6c5nc(-c5ccccc5)c5ccc7oc8ccccc8c7c56)cccc34)n2)cc1.c1ccc(-c2nc3c(-c4cccc(N5c6ccccc6C(c6ccccc6)(c6ccccc6)c6ccccc65)c4)cccc3c3c2ccc2oc4ccccc4c23)cc1. The minimum atomic E-state index is -0.527. The first-order valence-electron chi connectivity index (χ1n) is 39.5. The molecule has 0 fully saturated rings. The summed E-state index contributed by atoms with van der Waals surface area (Å²) in [6.07, 6.45) is 0. The van der Waals surface area contributed by atoms with Gasteiger partial charge in [-0.15, -0.1) is 0 Å². The van der Waals surface area contributed by atoms with Gasteiger partial charge in [-0.2, -0.15) is 0 Å². The van der Waals surface area contributed by atoms with Crippen LogP contribution in [0.3, 0.4) is 0 Å². The van der Waals surface area contributed by atoms with E-state index in [1.54, 1.807) is 0 Å². The van der Waals surface area contributed by atoms with E-state index in [1.807, 2.05) is 97.1 Å². The zero-order valence-electron chi connectivity index (χ0n) is 63.0. The number of benzene rings is 17. The molecule has 0 aliphatic carbocycles. The van der Waals surface area contributed by atoms with Crippen LogP contribution in [0.5, 0.6) is 0 Å². The molecule has 9 heteroatoms. The summed E-state index contributed by atoms with van der Waals surface area (Å²) in [5, 5.41) is 13.0. The van der Waals surface area contributed by atoms with Crippen LogP contribution in [-0.2, 0) is 5.41 Å². The summed E-state index contributed by atoms with van der Waals surface area (Å²) in [6.45, 7) is 0. The summed E-state index contributed by atoms with van der Waals surface area (Å²) in [7, 11) is 0. The fourth-order valence-electron chi connectivity index (χ4n) is 18.4. The van der Waals surface area contributed by atoms with Crippen molar-refractivity contribution in [1.82, 2.24) is 24.9 Å². The van der Waals surface area contributed by atoms with Gasteiger partial charge in [-0.05, 0) is 94.5 Å². The number of fused-ring (bicyclic) bond motifs is 19. The molecule has 0 atom stereocenters. The molecular weight excluding hydrogens is 1430 g/mol. The van der Waals surface area contributed by atoms with Gasteiger partial charge in [-0.1, -0.05) is 334 Å². The Kier molecular flexibility index (Phi) is 15.6. The average Bonchev–Trinajstić information content (AvgIpc) is 1.31. The fraction of sp³-hybridized carbons (Fsp3) is 0.00926. The second-order valence-corrected chi connectivity index (χ2v) is 29.9. The number of rotatable bonds is 10. The Morgan fingerprint density at radius 2 is 0.598 bits per heavy atom. The lowest BCUT2D eigenvalue weighted by Crippen LogP contribution is -2.37. The Bertz CT molecular complexity index is 7740. The van der Waals surface area contributed by atoms with E-state index in [0.29, 0.717) is 23.1 Å². The Hall–Kier alpha value is -15.7. The van der Waals surface area contributed by atoms with Gasteiger partial charge in [-0.25, -0.2) is 24.9 Å². The molecule has 546 valence electrons. The maximum atomic E-state index is 7.04. The first-order valence-corrected chi connectivity index (χ1v) is 39.5. The van der Waals surface area contributed by atoms with Crippen molar-refractivity contribution in [2.24, 2.45) is 0 Å². The highest BCUT2D eigenvalue weighted by atomic mass is 16.3. The van der Waals surface area contributed by atoms with Crippen molar-refractivity contribution < 1.29 is 13.3 Å². The highest BCUT2D eigenvalue weighted by Crippen LogP contribution is 2.58. The van der Waals surface area contributed by atoms with Crippen LogP contribution in [0.2, 0.25) is 0 Å². The summed E-state index contributed by atoms with van der Waals surface area (Å²) in [6, 6.07) is 141. The maximum absolute atomic E-state index is 7.04. The van der Waals surface area contributed by atoms with Gasteiger partial charge in [0.25, 0.3) is 0 Å². The van der Waals surface area contributed by atoms with Gasteiger partial charge in [0.05, 0.1) is 44.8 Å². The van der Waals surface area contributed by atoms with Crippen molar-refractivity contribution in [1.29, 1.82) is 0 Å². The van der Waals surface area contributed by atoms with E-state index in [2.05, 4.69) is 308 Å². The number of para-hydroxylation sites is 8. The Morgan fingerprint density at radius 1 is 0.222 bits per heavy atom. The molecule has 0 radical (unpaired) electrons. The maximum Gasteiger partial charge on any atom is 0.167 e. The summed E-state index contributed by atoms with van der Waals surface area (Å²) >= 11 is 0. The molecule has 1 aliphatic rings. The summed E-state index contributed by atoms with van der Waals surface area (Å²) < 4.78 is 19.9. The van der Waals surface area contributed by atoms with Crippen LogP contribution >= 0.6 is 0 Å². The third-order valence-electron chi connectivity index (χ3n) is 23.4. The molecule has 0 bridgehead atoms. The average molecular weight is 1500 g/mol. The number of pyridine rings is 2. The topological polar surface area (TPSA) is 107 Å². The molecule has 0 unspecified atom stereocenters. The van der Waals surface area contributed by atoms with E-state index in [9.17, 15) is 0 Å². The van der Waals surface area contributed by atoms with Crippen LogP contribution in [0, 0.1) is 0 Å². The van der Waals surface area contributed by atoms with Gasteiger partial charge >= 0.3 is 0 Å². The fourth-order valence-corrected chi connectivity index (χ4v) is 18.4. The van der Waals surface area contributed by atoms with E-state index < -0.39 is 5.41 Å². The van der Waals surface area contributed by atoms with Crippen molar-refractivity contribution in [2.45, 2.75) is 5.41 Å². The molecule has 0 saturated carbocycles. The van der Waals surface area contributed by atoms with Crippen LogP contribution in [0.25, 0.3) is 188 Å². The molecule has 9 nitrogen and oxygen atoms in total. The van der Waals surface area contributed by atoms with E-state index >= 15 is 0 Å². The molecule has 117 heavy (non-hydrogen) atoms. The van der Waals surface area contributed by atoms with Gasteiger partial charge in [0.15, 0.2) is 17.5 Å². The van der Waals surface area contributed by atoms with Gasteiger partial charge < -0.3 is 18.2 Å². The third-order valence-corrected chi connectivity index (χ3v) is 23.4. The predicted octanol–water partition coefficient (Wildman–Crippen LogP) is 28.5. The molecule has 0 saturated heterocycles. The van der Waals surface area contributed by atoms with Gasteiger partial charge in [0.1, 0.15) is 33.5 Å².